The molecule has 0 fully saturated rings. The molecule has 0 aliphatic carbocycles. The maximum absolute atomic E-state index is 4.55. The van der Waals surface area contributed by atoms with Gasteiger partial charge in [-0.15, -0.1) is 0 Å². The summed E-state index contributed by atoms with van der Waals surface area (Å²) in [6, 6.07) is 4.08. The molecule has 2 aromatic heterocycles. The lowest BCUT2D eigenvalue weighted by atomic mass is 10.1. The third-order valence-corrected chi connectivity index (χ3v) is 2.42. The van der Waals surface area contributed by atoms with E-state index in [-0.39, 0.29) is 0 Å². The molecule has 0 aliphatic rings. The van der Waals surface area contributed by atoms with Crippen LogP contribution in [-0.4, -0.2) is 15.0 Å². The average Bonchev–Trinajstić information content (AvgIpc) is 2.28. The molecule has 16 heavy (non-hydrogen) atoms. The second-order valence-corrected chi connectivity index (χ2v) is 3.89. The monoisotopic (exact) mass is 213 g/mol. The van der Waals surface area contributed by atoms with Crippen molar-refractivity contribution in [1.29, 1.82) is 0 Å². The predicted molar refractivity (Wildman–Crippen MR) is 64.1 cm³/mol. The van der Waals surface area contributed by atoms with E-state index < -0.39 is 0 Å². The molecule has 2 heterocycles. The molecule has 82 valence electrons. The van der Waals surface area contributed by atoms with E-state index in [1.54, 1.807) is 6.20 Å². The van der Waals surface area contributed by atoms with Crippen LogP contribution in [0.4, 0.5) is 0 Å². The van der Waals surface area contributed by atoms with E-state index in [1.807, 2.05) is 32.2 Å². The summed E-state index contributed by atoms with van der Waals surface area (Å²) in [4.78, 5) is 13.1. The Morgan fingerprint density at radius 2 is 1.69 bits per heavy atom. The number of pyridine rings is 1. The quantitative estimate of drug-likeness (QED) is 0.770. The maximum Gasteiger partial charge on any atom is 0.0889 e. The highest BCUT2D eigenvalue weighted by Gasteiger charge is 2.03. The lowest BCUT2D eigenvalue weighted by Crippen LogP contribution is -1.94. The van der Waals surface area contributed by atoms with Crippen LogP contribution in [0.25, 0.3) is 11.3 Å². The SMILES string of the molecule is CCc1cncc(-c2cc(C)nc(C)c2)n1. The first kappa shape index (κ1) is 10.7. The first-order chi connectivity index (χ1) is 7.69. The lowest BCUT2D eigenvalue weighted by molar-refractivity contribution is 1.00. The molecule has 0 radical (unpaired) electrons. The molecule has 2 rings (SSSR count). The van der Waals surface area contributed by atoms with Gasteiger partial charge in [0, 0.05) is 23.1 Å². The molecular weight excluding hydrogens is 198 g/mol. The van der Waals surface area contributed by atoms with Gasteiger partial charge in [0.1, 0.15) is 0 Å². The molecule has 3 heteroatoms. The summed E-state index contributed by atoms with van der Waals surface area (Å²) in [7, 11) is 0. The Labute approximate surface area is 95.6 Å². The zero-order chi connectivity index (χ0) is 11.5. The third-order valence-electron chi connectivity index (χ3n) is 2.42. The van der Waals surface area contributed by atoms with Crippen LogP contribution in [-0.2, 0) is 6.42 Å². The fourth-order valence-corrected chi connectivity index (χ4v) is 1.70. The first-order valence-electron chi connectivity index (χ1n) is 5.45. The standard InChI is InChI=1S/C13H15N3/c1-4-12-7-14-8-13(16-12)11-5-9(2)15-10(3)6-11/h5-8H,4H2,1-3H3. The Morgan fingerprint density at radius 1 is 1.00 bits per heavy atom. The highest BCUT2D eigenvalue weighted by molar-refractivity contribution is 5.58. The fourth-order valence-electron chi connectivity index (χ4n) is 1.70. The lowest BCUT2D eigenvalue weighted by Gasteiger charge is -2.04. The average molecular weight is 213 g/mol. The molecule has 2 aromatic rings. The number of nitrogens with zero attached hydrogens (tertiary/aromatic N) is 3. The highest BCUT2D eigenvalue weighted by Crippen LogP contribution is 2.18. The number of aromatic nitrogens is 3. The molecule has 0 bridgehead atoms. The Bertz CT molecular complexity index is 486. The first-order valence-corrected chi connectivity index (χ1v) is 5.45. The minimum atomic E-state index is 0.907. The number of hydrogen-bond acceptors (Lipinski definition) is 3. The molecule has 0 atom stereocenters. The van der Waals surface area contributed by atoms with Crippen molar-refractivity contribution in [2.24, 2.45) is 0 Å². The molecule has 0 saturated carbocycles. The van der Waals surface area contributed by atoms with Crippen LogP contribution in [0.15, 0.2) is 24.5 Å². The zero-order valence-electron chi connectivity index (χ0n) is 9.86. The molecule has 0 amide bonds. The van der Waals surface area contributed by atoms with Gasteiger partial charge >= 0.3 is 0 Å². The number of aryl methyl sites for hydroxylation is 3. The minimum Gasteiger partial charge on any atom is -0.261 e. The zero-order valence-corrected chi connectivity index (χ0v) is 9.86. The molecular formula is C13H15N3. The van der Waals surface area contributed by atoms with Crippen molar-refractivity contribution in [2.75, 3.05) is 0 Å². The van der Waals surface area contributed by atoms with Gasteiger partial charge in [0.25, 0.3) is 0 Å². The molecule has 0 aliphatic heterocycles. The summed E-state index contributed by atoms with van der Waals surface area (Å²) < 4.78 is 0. The summed E-state index contributed by atoms with van der Waals surface area (Å²) in [6.45, 7) is 6.07. The van der Waals surface area contributed by atoms with Crippen LogP contribution in [0.2, 0.25) is 0 Å². The van der Waals surface area contributed by atoms with E-state index in [9.17, 15) is 0 Å². The van der Waals surface area contributed by atoms with Gasteiger partial charge in [-0.25, -0.2) is 4.98 Å². The number of rotatable bonds is 2. The minimum absolute atomic E-state index is 0.907. The Morgan fingerprint density at radius 3 is 2.31 bits per heavy atom. The van der Waals surface area contributed by atoms with E-state index >= 15 is 0 Å². The molecule has 3 nitrogen and oxygen atoms in total. The Hall–Kier alpha value is -1.77. The van der Waals surface area contributed by atoms with E-state index in [1.165, 1.54) is 0 Å². The smallest absolute Gasteiger partial charge is 0.0889 e. The largest absolute Gasteiger partial charge is 0.261 e. The van der Waals surface area contributed by atoms with Crippen molar-refractivity contribution in [3.63, 3.8) is 0 Å². The van der Waals surface area contributed by atoms with Gasteiger partial charge in [-0.05, 0) is 32.4 Å². The normalized spacial score (nSPS) is 10.4. The summed E-state index contributed by atoms with van der Waals surface area (Å²) in [5, 5.41) is 0. The second kappa shape index (κ2) is 4.39. The molecule has 0 N–H and O–H groups in total. The fraction of sp³-hybridized carbons (Fsp3) is 0.308. The van der Waals surface area contributed by atoms with E-state index in [0.29, 0.717) is 0 Å². The highest BCUT2D eigenvalue weighted by atomic mass is 14.8. The van der Waals surface area contributed by atoms with Gasteiger partial charge in [-0.1, -0.05) is 6.92 Å². The van der Waals surface area contributed by atoms with Crippen LogP contribution >= 0.6 is 0 Å². The van der Waals surface area contributed by atoms with Crippen LogP contribution < -0.4 is 0 Å². The topological polar surface area (TPSA) is 38.7 Å². The second-order valence-electron chi connectivity index (χ2n) is 3.89. The van der Waals surface area contributed by atoms with Crippen LogP contribution in [0.3, 0.4) is 0 Å². The predicted octanol–water partition coefficient (Wildman–Crippen LogP) is 2.72. The van der Waals surface area contributed by atoms with Crippen molar-refractivity contribution in [3.05, 3.63) is 41.6 Å². The van der Waals surface area contributed by atoms with E-state index in [0.717, 1.165) is 34.8 Å². The van der Waals surface area contributed by atoms with Gasteiger partial charge in [-0.3, -0.25) is 9.97 Å². The molecule has 0 saturated heterocycles. The van der Waals surface area contributed by atoms with Gasteiger partial charge in [-0.2, -0.15) is 0 Å². The summed E-state index contributed by atoms with van der Waals surface area (Å²) in [5.41, 5.74) is 5.06. The van der Waals surface area contributed by atoms with Crippen LogP contribution in [0.1, 0.15) is 24.0 Å². The molecule has 0 unspecified atom stereocenters. The Balaban J connectivity index is 2.49. The van der Waals surface area contributed by atoms with E-state index in [2.05, 4.69) is 21.9 Å². The van der Waals surface area contributed by atoms with Crippen LogP contribution in [0.5, 0.6) is 0 Å². The van der Waals surface area contributed by atoms with Crippen molar-refractivity contribution in [3.8, 4) is 11.3 Å². The summed E-state index contributed by atoms with van der Waals surface area (Å²) in [5.74, 6) is 0. The summed E-state index contributed by atoms with van der Waals surface area (Å²) >= 11 is 0. The Kier molecular flexibility index (Phi) is 2.95. The van der Waals surface area contributed by atoms with Crippen LogP contribution in [0, 0.1) is 13.8 Å². The van der Waals surface area contributed by atoms with Gasteiger partial charge < -0.3 is 0 Å². The van der Waals surface area contributed by atoms with Gasteiger partial charge in [0.05, 0.1) is 17.6 Å². The summed E-state index contributed by atoms with van der Waals surface area (Å²) in [6.07, 6.45) is 4.52. The van der Waals surface area contributed by atoms with Crippen molar-refractivity contribution >= 4 is 0 Å². The molecule has 0 spiro atoms. The van der Waals surface area contributed by atoms with Gasteiger partial charge in [0.2, 0.25) is 0 Å². The molecule has 0 aromatic carbocycles. The van der Waals surface area contributed by atoms with E-state index in [4.69, 9.17) is 0 Å². The maximum atomic E-state index is 4.55. The number of hydrogen-bond donors (Lipinski definition) is 0. The van der Waals surface area contributed by atoms with Gasteiger partial charge in [0.15, 0.2) is 0 Å². The van der Waals surface area contributed by atoms with Crippen molar-refractivity contribution in [1.82, 2.24) is 15.0 Å². The van der Waals surface area contributed by atoms with Crippen molar-refractivity contribution in [2.45, 2.75) is 27.2 Å². The van der Waals surface area contributed by atoms with Crippen molar-refractivity contribution < 1.29 is 0 Å². The third kappa shape index (κ3) is 2.24.